The fourth-order valence-corrected chi connectivity index (χ4v) is 0.326. The molecule has 0 radical (unpaired) electrons. The van der Waals surface area contributed by atoms with E-state index in [1.165, 1.54) is 13.1 Å². The zero-order valence-electron chi connectivity index (χ0n) is 5.50. The third kappa shape index (κ3) is 2.49. The quantitative estimate of drug-likeness (QED) is 0.403. The summed E-state index contributed by atoms with van der Waals surface area (Å²) in [7, 11) is 1.46. The lowest BCUT2D eigenvalue weighted by Gasteiger charge is -1.83. The largest absolute Gasteiger partial charge is 0.390 e. The molecule has 0 bridgehead atoms. The van der Waals surface area contributed by atoms with Crippen molar-refractivity contribution in [3.63, 3.8) is 0 Å². The van der Waals surface area contributed by atoms with Crippen LogP contribution in [0, 0.1) is 22.7 Å². The molecule has 0 aromatic heterocycles. The van der Waals surface area contributed by atoms with Crippen LogP contribution in [-0.4, -0.2) is 12.8 Å². The van der Waals surface area contributed by atoms with Crippen LogP contribution < -0.4 is 5.73 Å². The molecule has 0 rings (SSSR count). The van der Waals surface area contributed by atoms with Crippen molar-refractivity contribution < 1.29 is 0 Å². The summed E-state index contributed by atoms with van der Waals surface area (Å²) >= 11 is 0. The Bertz CT molecular complexity index is 248. The third-order valence-corrected chi connectivity index (χ3v) is 0.777. The van der Waals surface area contributed by atoms with Crippen molar-refractivity contribution in [3.8, 4) is 12.1 Å². The van der Waals surface area contributed by atoms with E-state index < -0.39 is 0 Å². The number of nitrogens with two attached hydrogens (primary N) is 1. The van der Waals surface area contributed by atoms with Crippen LogP contribution in [0.3, 0.4) is 0 Å². The predicted molar refractivity (Wildman–Crippen MR) is 36.9 cm³/mol. The Kier molecular flexibility index (Phi) is 3.36. The molecule has 0 fully saturated rings. The Labute approximate surface area is 58.9 Å². The molecule has 0 aromatic carbocycles. The van der Waals surface area contributed by atoms with Gasteiger partial charge in [0.15, 0.2) is 0 Å². The van der Waals surface area contributed by atoms with Gasteiger partial charge in [0, 0.05) is 13.1 Å². The molecule has 0 atom stereocenters. The molecule has 50 valence electrons. The summed E-state index contributed by atoms with van der Waals surface area (Å²) in [6.07, 6.45) is 1.22. The van der Waals surface area contributed by atoms with Crippen LogP contribution in [0.4, 0.5) is 0 Å². The van der Waals surface area contributed by atoms with Crippen LogP contribution >= 0.6 is 0 Å². The van der Waals surface area contributed by atoms with Gasteiger partial charge in [0.1, 0.15) is 23.5 Å². The van der Waals surface area contributed by atoms with Crippen molar-refractivity contribution >= 4 is 5.71 Å². The Hall–Kier alpha value is -1.81. The maximum absolute atomic E-state index is 8.28. The summed E-state index contributed by atoms with van der Waals surface area (Å²) in [6.45, 7) is 0. The van der Waals surface area contributed by atoms with Crippen LogP contribution in [0.5, 0.6) is 0 Å². The van der Waals surface area contributed by atoms with Crippen molar-refractivity contribution in [2.24, 2.45) is 10.7 Å². The maximum atomic E-state index is 8.28. The monoisotopic (exact) mass is 134 g/mol. The van der Waals surface area contributed by atoms with Gasteiger partial charge >= 0.3 is 0 Å². The highest BCUT2D eigenvalue weighted by Gasteiger charge is 1.90. The molecule has 0 heterocycles. The van der Waals surface area contributed by atoms with E-state index in [1.54, 1.807) is 12.1 Å². The number of aliphatic imine (C=N–C) groups is 1. The minimum Gasteiger partial charge on any atom is -0.390 e. The predicted octanol–water partition coefficient (Wildman–Crippen LogP) is -0.0530. The van der Waals surface area contributed by atoms with E-state index in [1.807, 2.05) is 0 Å². The van der Waals surface area contributed by atoms with Gasteiger partial charge < -0.3 is 5.73 Å². The second-order valence-electron chi connectivity index (χ2n) is 1.43. The molecule has 4 nitrogen and oxygen atoms in total. The van der Waals surface area contributed by atoms with Crippen molar-refractivity contribution in [2.45, 2.75) is 0 Å². The topological polar surface area (TPSA) is 86.0 Å². The first-order valence-electron chi connectivity index (χ1n) is 2.48. The summed E-state index contributed by atoms with van der Waals surface area (Å²) < 4.78 is 0. The number of hydrogen-bond donors (Lipinski definition) is 1. The molecule has 0 aliphatic rings. The lowest BCUT2D eigenvalue weighted by atomic mass is 10.3. The Morgan fingerprint density at radius 2 is 2.10 bits per heavy atom. The molecule has 10 heavy (non-hydrogen) atoms. The van der Waals surface area contributed by atoms with Crippen molar-refractivity contribution in [2.75, 3.05) is 7.05 Å². The van der Waals surface area contributed by atoms with Gasteiger partial charge in [-0.05, 0) is 0 Å². The Balaban J connectivity index is 4.46. The molecule has 4 heteroatoms. The van der Waals surface area contributed by atoms with Gasteiger partial charge in [0.25, 0.3) is 0 Å². The highest BCUT2D eigenvalue weighted by molar-refractivity contribution is 6.07. The number of allylic oxidation sites excluding steroid dienone is 2. The van der Waals surface area contributed by atoms with Gasteiger partial charge in [-0.25, -0.2) is 0 Å². The molecule has 0 saturated carbocycles. The van der Waals surface area contributed by atoms with E-state index >= 15 is 0 Å². The second-order valence-corrected chi connectivity index (χ2v) is 1.43. The number of rotatable bonds is 1. The molecular weight excluding hydrogens is 128 g/mol. The van der Waals surface area contributed by atoms with E-state index in [4.69, 9.17) is 16.3 Å². The minimum atomic E-state index is -0.0119. The van der Waals surface area contributed by atoms with Gasteiger partial charge in [-0.1, -0.05) is 0 Å². The third-order valence-electron chi connectivity index (χ3n) is 0.777. The standard InChI is InChI=1S/C6H6N4/c1-10-6(4-8)2-5(9)3-7/h2H,9H2,1H3. The highest BCUT2D eigenvalue weighted by Crippen LogP contribution is 1.83. The molecule has 0 aliphatic carbocycles. The molecule has 0 amide bonds. The van der Waals surface area contributed by atoms with Gasteiger partial charge in [-0.3, -0.25) is 4.99 Å². The van der Waals surface area contributed by atoms with E-state index in [0.29, 0.717) is 0 Å². The first-order chi connectivity index (χ1) is 4.74. The molecular formula is C6H6N4. The molecule has 0 aromatic rings. The van der Waals surface area contributed by atoms with Gasteiger partial charge in [-0.2, -0.15) is 10.5 Å². The summed E-state index contributed by atoms with van der Waals surface area (Å²) in [6, 6.07) is 3.43. The van der Waals surface area contributed by atoms with Crippen molar-refractivity contribution in [1.82, 2.24) is 0 Å². The number of nitrogens with zero attached hydrogens (tertiary/aromatic N) is 3. The first-order valence-corrected chi connectivity index (χ1v) is 2.48. The first kappa shape index (κ1) is 8.19. The van der Waals surface area contributed by atoms with E-state index in [2.05, 4.69) is 4.99 Å². The van der Waals surface area contributed by atoms with Crippen LogP contribution in [0.25, 0.3) is 0 Å². The summed E-state index contributed by atoms with van der Waals surface area (Å²) in [5, 5.41) is 16.4. The lowest BCUT2D eigenvalue weighted by Crippen LogP contribution is -1.98. The molecule has 0 spiro atoms. The van der Waals surface area contributed by atoms with Crippen molar-refractivity contribution in [3.05, 3.63) is 11.8 Å². The van der Waals surface area contributed by atoms with Gasteiger partial charge in [-0.15, -0.1) is 0 Å². The van der Waals surface area contributed by atoms with Crippen LogP contribution in [0.15, 0.2) is 16.8 Å². The normalized spacial score (nSPS) is 11.9. The molecule has 0 unspecified atom stereocenters. The number of hydrogen-bond acceptors (Lipinski definition) is 4. The van der Waals surface area contributed by atoms with Gasteiger partial charge in [0.05, 0.1) is 0 Å². The fraction of sp³-hybridized carbons (Fsp3) is 0.167. The SMILES string of the molecule is CN=C(C#N)C=C(N)C#N. The van der Waals surface area contributed by atoms with Crippen molar-refractivity contribution in [1.29, 1.82) is 10.5 Å². The Morgan fingerprint density at radius 3 is 2.40 bits per heavy atom. The lowest BCUT2D eigenvalue weighted by molar-refractivity contribution is 1.38. The minimum absolute atomic E-state index is 0.0119. The average molecular weight is 134 g/mol. The second kappa shape index (κ2) is 4.11. The molecule has 0 saturated heterocycles. The summed E-state index contributed by atoms with van der Waals surface area (Å²) in [5.41, 5.74) is 5.23. The summed E-state index contributed by atoms with van der Waals surface area (Å²) in [5.74, 6) is 0. The van der Waals surface area contributed by atoms with E-state index in [-0.39, 0.29) is 11.4 Å². The average Bonchev–Trinajstić information content (AvgIpc) is 1.99. The maximum Gasteiger partial charge on any atom is 0.137 e. The van der Waals surface area contributed by atoms with E-state index in [0.717, 1.165) is 0 Å². The zero-order valence-corrected chi connectivity index (χ0v) is 5.50. The highest BCUT2D eigenvalue weighted by atomic mass is 14.7. The molecule has 0 aliphatic heterocycles. The Morgan fingerprint density at radius 1 is 1.50 bits per heavy atom. The zero-order chi connectivity index (χ0) is 7.98. The van der Waals surface area contributed by atoms with Crippen LogP contribution in [-0.2, 0) is 0 Å². The van der Waals surface area contributed by atoms with E-state index in [9.17, 15) is 0 Å². The summed E-state index contributed by atoms with van der Waals surface area (Å²) in [4.78, 5) is 3.54. The smallest absolute Gasteiger partial charge is 0.137 e. The van der Waals surface area contributed by atoms with Crippen LogP contribution in [0.1, 0.15) is 0 Å². The van der Waals surface area contributed by atoms with Gasteiger partial charge in [0.2, 0.25) is 0 Å². The fourth-order valence-electron chi connectivity index (χ4n) is 0.326. The number of nitriles is 2. The van der Waals surface area contributed by atoms with Crippen LogP contribution in [0.2, 0.25) is 0 Å². The molecule has 2 N–H and O–H groups in total.